The van der Waals surface area contributed by atoms with Gasteiger partial charge in [-0.1, -0.05) is 25.6 Å². The van der Waals surface area contributed by atoms with Crippen molar-refractivity contribution >= 4 is 27.9 Å². The summed E-state index contributed by atoms with van der Waals surface area (Å²) < 4.78 is 65.3. The number of rotatable bonds is 7. The zero-order valence-corrected chi connectivity index (χ0v) is 17.3. The number of carbonyl (C=O) groups is 1. The summed E-state index contributed by atoms with van der Waals surface area (Å²) in [5.74, 6) is -0.173. The van der Waals surface area contributed by atoms with Gasteiger partial charge in [0.25, 0.3) is 10.2 Å². The highest BCUT2D eigenvalue weighted by molar-refractivity contribution is 7.99. The molecule has 2 rings (SSSR count). The molecule has 7 nitrogen and oxygen atoms in total. The third-order valence-electron chi connectivity index (χ3n) is 4.36. The highest BCUT2D eigenvalue weighted by Gasteiger charge is 2.32. The summed E-state index contributed by atoms with van der Waals surface area (Å²) >= 11 is 1.05. The highest BCUT2D eigenvalue weighted by atomic mass is 32.2. The van der Waals surface area contributed by atoms with Crippen molar-refractivity contribution in [1.29, 1.82) is 0 Å². The fourth-order valence-corrected chi connectivity index (χ4v) is 5.09. The second-order valence-electron chi connectivity index (χ2n) is 6.04. The van der Waals surface area contributed by atoms with E-state index in [4.69, 9.17) is 0 Å². The first-order chi connectivity index (χ1) is 13.1. The van der Waals surface area contributed by atoms with E-state index in [0.29, 0.717) is 18.1 Å². The number of thioether (sulfide) groups is 1. The number of carbonyl (C=O) groups excluding carboxylic acids is 1. The predicted octanol–water partition coefficient (Wildman–Crippen LogP) is 1.92. The summed E-state index contributed by atoms with van der Waals surface area (Å²) in [6.07, 6.45) is -3.71. The molecule has 158 valence electrons. The molecule has 0 aliphatic carbocycles. The second-order valence-corrected chi connectivity index (χ2v) is 8.97. The molecule has 1 aliphatic heterocycles. The van der Waals surface area contributed by atoms with Crippen LogP contribution in [-0.2, 0) is 21.2 Å². The monoisotopic (exact) mass is 440 g/mol. The molecule has 0 saturated carbocycles. The number of hydrogen-bond acceptors (Lipinski definition) is 5. The van der Waals surface area contributed by atoms with Gasteiger partial charge in [-0.3, -0.25) is 4.79 Å². The van der Waals surface area contributed by atoms with E-state index in [-0.39, 0.29) is 37.8 Å². The van der Waals surface area contributed by atoms with Crippen molar-refractivity contribution in [2.75, 3.05) is 45.0 Å². The number of nitrogens with zero attached hydrogens (tertiary/aromatic N) is 4. The van der Waals surface area contributed by atoms with Crippen LogP contribution in [0.25, 0.3) is 0 Å². The third kappa shape index (κ3) is 5.58. The lowest BCUT2D eigenvalue weighted by Crippen LogP contribution is -2.54. The average molecular weight is 441 g/mol. The first kappa shape index (κ1) is 22.9. The van der Waals surface area contributed by atoms with Crippen LogP contribution in [0.4, 0.5) is 13.2 Å². The molecule has 28 heavy (non-hydrogen) atoms. The lowest BCUT2D eigenvalue weighted by atomic mass is 10.3. The summed E-state index contributed by atoms with van der Waals surface area (Å²) in [4.78, 5) is 17.6. The van der Waals surface area contributed by atoms with Gasteiger partial charge < -0.3 is 4.90 Å². The van der Waals surface area contributed by atoms with E-state index in [1.807, 2.05) is 0 Å². The molecule has 0 spiro atoms. The minimum absolute atomic E-state index is 0.0289. The SMILES string of the molecule is CCN(CC)S(=O)(=O)N1CCN(C(=O)CSc2ccc(C(F)(F)F)cn2)CC1. The minimum Gasteiger partial charge on any atom is -0.339 e. The quantitative estimate of drug-likeness (QED) is 0.606. The van der Waals surface area contributed by atoms with Crippen LogP contribution >= 0.6 is 11.8 Å². The van der Waals surface area contributed by atoms with Gasteiger partial charge in [0.15, 0.2) is 0 Å². The molecule has 0 N–H and O–H groups in total. The maximum absolute atomic E-state index is 12.5. The molecule has 1 saturated heterocycles. The van der Waals surface area contributed by atoms with Crippen molar-refractivity contribution in [1.82, 2.24) is 18.5 Å². The van der Waals surface area contributed by atoms with E-state index in [2.05, 4.69) is 4.98 Å². The third-order valence-corrected chi connectivity index (χ3v) is 7.47. The van der Waals surface area contributed by atoms with E-state index in [1.165, 1.54) is 14.7 Å². The molecule has 0 atom stereocenters. The standard InChI is InChI=1S/C16H23F3N4O3S2/c1-3-22(4-2)28(25,26)23-9-7-21(8-10-23)15(24)12-27-14-6-5-13(11-20-14)16(17,18)19/h5-6,11H,3-4,7-10,12H2,1-2H3. The summed E-state index contributed by atoms with van der Waals surface area (Å²) in [5.41, 5.74) is -0.839. The van der Waals surface area contributed by atoms with Gasteiger partial charge in [0.05, 0.1) is 16.3 Å². The van der Waals surface area contributed by atoms with Gasteiger partial charge in [-0.05, 0) is 12.1 Å². The van der Waals surface area contributed by atoms with Crippen molar-refractivity contribution in [3.63, 3.8) is 0 Å². The van der Waals surface area contributed by atoms with Crippen molar-refractivity contribution in [3.05, 3.63) is 23.9 Å². The molecule has 0 radical (unpaired) electrons. The Labute approximate surface area is 167 Å². The summed E-state index contributed by atoms with van der Waals surface area (Å²) in [6, 6.07) is 2.16. The molecule has 1 amide bonds. The van der Waals surface area contributed by atoms with E-state index in [9.17, 15) is 26.4 Å². The topological polar surface area (TPSA) is 73.8 Å². The molecule has 1 aromatic rings. The van der Waals surface area contributed by atoms with Crippen LogP contribution in [0.15, 0.2) is 23.4 Å². The Balaban J connectivity index is 1.85. The molecule has 1 aromatic heterocycles. The van der Waals surface area contributed by atoms with Gasteiger partial charge >= 0.3 is 6.18 Å². The summed E-state index contributed by atoms with van der Waals surface area (Å²) in [5, 5.41) is 0.323. The van der Waals surface area contributed by atoms with Crippen LogP contribution in [-0.4, -0.2) is 77.8 Å². The number of alkyl halides is 3. The van der Waals surface area contributed by atoms with Gasteiger partial charge in [0.1, 0.15) is 0 Å². The molecule has 0 unspecified atom stereocenters. The lowest BCUT2D eigenvalue weighted by Gasteiger charge is -2.36. The molecule has 12 heteroatoms. The maximum Gasteiger partial charge on any atom is 0.417 e. The van der Waals surface area contributed by atoms with Gasteiger partial charge in [-0.2, -0.15) is 30.2 Å². The molecule has 0 aromatic carbocycles. The normalized spacial score (nSPS) is 16.6. The second kappa shape index (κ2) is 9.42. The van der Waals surface area contributed by atoms with Crippen molar-refractivity contribution in [3.8, 4) is 0 Å². The van der Waals surface area contributed by atoms with Crippen LogP contribution in [0.5, 0.6) is 0 Å². The Morgan fingerprint density at radius 3 is 2.25 bits per heavy atom. The number of amides is 1. The molecule has 1 aliphatic rings. The van der Waals surface area contributed by atoms with Crippen molar-refractivity contribution in [2.45, 2.75) is 25.0 Å². The molecule has 2 heterocycles. The molecule has 1 fully saturated rings. The van der Waals surface area contributed by atoms with E-state index in [1.54, 1.807) is 18.7 Å². The van der Waals surface area contributed by atoms with Gasteiger partial charge in [0, 0.05) is 45.5 Å². The van der Waals surface area contributed by atoms with Crippen LogP contribution in [0.3, 0.4) is 0 Å². The zero-order chi connectivity index (χ0) is 20.9. The Hall–Kier alpha value is -1.37. The number of halogens is 3. The molecular formula is C16H23F3N4O3S2. The largest absolute Gasteiger partial charge is 0.417 e. The fraction of sp³-hybridized carbons (Fsp3) is 0.625. The van der Waals surface area contributed by atoms with Gasteiger partial charge in [-0.25, -0.2) is 4.98 Å². The number of aromatic nitrogens is 1. The Morgan fingerprint density at radius 1 is 1.18 bits per heavy atom. The Morgan fingerprint density at radius 2 is 1.79 bits per heavy atom. The molecule has 0 bridgehead atoms. The lowest BCUT2D eigenvalue weighted by molar-refractivity contribution is -0.138. The van der Waals surface area contributed by atoms with Crippen LogP contribution in [0, 0.1) is 0 Å². The predicted molar refractivity (Wildman–Crippen MR) is 100.0 cm³/mol. The summed E-state index contributed by atoms with van der Waals surface area (Å²) in [6.45, 7) is 5.30. The van der Waals surface area contributed by atoms with Crippen LogP contribution < -0.4 is 0 Å². The van der Waals surface area contributed by atoms with Gasteiger partial charge in [-0.15, -0.1) is 0 Å². The average Bonchev–Trinajstić information content (AvgIpc) is 2.66. The summed E-state index contributed by atoms with van der Waals surface area (Å²) in [7, 11) is -3.52. The number of pyridine rings is 1. The van der Waals surface area contributed by atoms with Crippen LogP contribution in [0.1, 0.15) is 19.4 Å². The van der Waals surface area contributed by atoms with E-state index >= 15 is 0 Å². The highest BCUT2D eigenvalue weighted by Crippen LogP contribution is 2.29. The van der Waals surface area contributed by atoms with E-state index < -0.39 is 21.9 Å². The maximum atomic E-state index is 12.5. The number of piperazine rings is 1. The first-order valence-corrected chi connectivity index (χ1v) is 11.2. The smallest absolute Gasteiger partial charge is 0.339 e. The minimum atomic E-state index is -4.45. The van der Waals surface area contributed by atoms with Crippen molar-refractivity contribution < 1.29 is 26.4 Å². The fourth-order valence-electron chi connectivity index (χ4n) is 2.74. The van der Waals surface area contributed by atoms with Crippen molar-refractivity contribution in [2.24, 2.45) is 0 Å². The van der Waals surface area contributed by atoms with Gasteiger partial charge in [0.2, 0.25) is 5.91 Å². The van der Waals surface area contributed by atoms with Crippen LogP contribution in [0.2, 0.25) is 0 Å². The Kier molecular flexibility index (Phi) is 7.71. The zero-order valence-electron chi connectivity index (χ0n) is 15.6. The van der Waals surface area contributed by atoms with E-state index in [0.717, 1.165) is 24.0 Å². The number of hydrogen-bond donors (Lipinski definition) is 0. The Bertz CT molecular complexity index is 760. The molecular weight excluding hydrogens is 417 g/mol. The first-order valence-electron chi connectivity index (χ1n) is 8.78.